The Morgan fingerprint density at radius 1 is 1.00 bits per heavy atom. The fourth-order valence-corrected chi connectivity index (χ4v) is 2.22. The lowest BCUT2D eigenvalue weighted by Crippen LogP contribution is -2.47. The molecule has 1 fully saturated rings. The summed E-state index contributed by atoms with van der Waals surface area (Å²) in [5.74, 6) is 0.612. The molecule has 0 amide bonds. The smallest absolute Gasteiger partial charge is 0.0110 e. The van der Waals surface area contributed by atoms with Gasteiger partial charge < -0.3 is 15.5 Å². The largest absolute Gasteiger partial charge is 0.327 e. The molecular formula is C13H29N3. The van der Waals surface area contributed by atoms with Gasteiger partial charge in [-0.1, -0.05) is 20.8 Å². The Balaban J connectivity index is 2.12. The number of nitrogens with zero attached hydrogens (tertiary/aromatic N) is 2. The number of piperazine rings is 1. The van der Waals surface area contributed by atoms with Crippen LogP contribution in [0.3, 0.4) is 0 Å². The van der Waals surface area contributed by atoms with Crippen LogP contribution in [0.2, 0.25) is 0 Å². The van der Waals surface area contributed by atoms with Gasteiger partial charge in [0.25, 0.3) is 0 Å². The van der Waals surface area contributed by atoms with E-state index in [0.717, 1.165) is 6.42 Å². The average Bonchev–Trinajstić information content (AvgIpc) is 2.28. The minimum absolute atomic E-state index is 0.369. The van der Waals surface area contributed by atoms with Crippen LogP contribution < -0.4 is 5.73 Å². The highest BCUT2D eigenvalue weighted by Gasteiger charge is 2.17. The summed E-state index contributed by atoms with van der Waals surface area (Å²) in [4.78, 5) is 5.13. The normalized spacial score (nSPS) is 21.6. The zero-order valence-electron chi connectivity index (χ0n) is 11.3. The van der Waals surface area contributed by atoms with Gasteiger partial charge in [-0.3, -0.25) is 0 Å². The second-order valence-corrected chi connectivity index (χ2v) is 5.38. The monoisotopic (exact) mass is 227 g/mol. The first-order chi connectivity index (χ1) is 7.63. The molecule has 1 heterocycles. The summed E-state index contributed by atoms with van der Waals surface area (Å²) < 4.78 is 0. The van der Waals surface area contributed by atoms with E-state index in [1.807, 2.05) is 0 Å². The van der Waals surface area contributed by atoms with Crippen molar-refractivity contribution in [1.29, 1.82) is 0 Å². The number of nitrogens with two attached hydrogens (primary N) is 1. The van der Waals surface area contributed by atoms with Crippen molar-refractivity contribution in [3.8, 4) is 0 Å². The Morgan fingerprint density at radius 2 is 1.50 bits per heavy atom. The minimum atomic E-state index is 0.369. The summed E-state index contributed by atoms with van der Waals surface area (Å²) in [6, 6.07) is 0.369. The summed E-state index contributed by atoms with van der Waals surface area (Å²) in [6.07, 6.45) is 2.42. The van der Waals surface area contributed by atoms with Crippen LogP contribution in [0, 0.1) is 5.92 Å². The molecule has 0 aromatic heterocycles. The van der Waals surface area contributed by atoms with Crippen LogP contribution in [0.25, 0.3) is 0 Å². The molecule has 0 aromatic rings. The highest BCUT2D eigenvalue weighted by molar-refractivity contribution is 4.74. The fourth-order valence-electron chi connectivity index (χ4n) is 2.22. The van der Waals surface area contributed by atoms with Crippen molar-refractivity contribution >= 4 is 0 Å². The van der Waals surface area contributed by atoms with Gasteiger partial charge in [0, 0.05) is 32.2 Å². The van der Waals surface area contributed by atoms with Gasteiger partial charge in [-0.2, -0.15) is 0 Å². The molecule has 1 rings (SSSR count). The second-order valence-electron chi connectivity index (χ2n) is 5.38. The Hall–Kier alpha value is -0.120. The fraction of sp³-hybridized carbons (Fsp3) is 1.00. The molecule has 1 aliphatic heterocycles. The van der Waals surface area contributed by atoms with Crippen molar-refractivity contribution in [2.45, 2.75) is 39.7 Å². The molecular weight excluding hydrogens is 198 g/mol. The van der Waals surface area contributed by atoms with Crippen molar-refractivity contribution < 1.29 is 0 Å². The Bertz CT molecular complexity index is 174. The molecule has 3 heteroatoms. The van der Waals surface area contributed by atoms with Crippen molar-refractivity contribution in [3.05, 3.63) is 0 Å². The van der Waals surface area contributed by atoms with Crippen molar-refractivity contribution in [2.24, 2.45) is 11.7 Å². The number of rotatable bonds is 6. The van der Waals surface area contributed by atoms with Crippen molar-refractivity contribution in [2.75, 3.05) is 39.3 Å². The second kappa shape index (κ2) is 7.25. The van der Waals surface area contributed by atoms with Gasteiger partial charge in [0.05, 0.1) is 0 Å². The molecule has 16 heavy (non-hydrogen) atoms. The van der Waals surface area contributed by atoms with E-state index >= 15 is 0 Å². The zero-order valence-corrected chi connectivity index (χ0v) is 11.3. The highest BCUT2D eigenvalue weighted by atomic mass is 15.3. The predicted octanol–water partition coefficient (Wildman–Crippen LogP) is 1.39. The summed E-state index contributed by atoms with van der Waals surface area (Å²) in [5, 5.41) is 0. The van der Waals surface area contributed by atoms with E-state index in [1.165, 1.54) is 45.7 Å². The average molecular weight is 227 g/mol. The lowest BCUT2D eigenvalue weighted by atomic mass is 10.0. The van der Waals surface area contributed by atoms with Gasteiger partial charge in [-0.15, -0.1) is 0 Å². The van der Waals surface area contributed by atoms with Crippen LogP contribution >= 0.6 is 0 Å². The summed E-state index contributed by atoms with van der Waals surface area (Å²) in [7, 11) is 0. The molecule has 0 unspecified atom stereocenters. The van der Waals surface area contributed by atoms with Gasteiger partial charge in [-0.25, -0.2) is 0 Å². The van der Waals surface area contributed by atoms with Crippen molar-refractivity contribution in [3.63, 3.8) is 0 Å². The van der Waals surface area contributed by atoms with E-state index in [-0.39, 0.29) is 0 Å². The summed E-state index contributed by atoms with van der Waals surface area (Å²) in [5.41, 5.74) is 6.07. The molecule has 0 bridgehead atoms. The summed E-state index contributed by atoms with van der Waals surface area (Å²) in [6.45, 7) is 14.1. The van der Waals surface area contributed by atoms with Gasteiger partial charge in [0.1, 0.15) is 0 Å². The molecule has 3 nitrogen and oxygen atoms in total. The van der Waals surface area contributed by atoms with E-state index < -0.39 is 0 Å². The van der Waals surface area contributed by atoms with Gasteiger partial charge in [-0.05, 0) is 31.8 Å². The molecule has 1 atom stereocenters. The minimum Gasteiger partial charge on any atom is -0.327 e. The van der Waals surface area contributed by atoms with E-state index in [2.05, 4.69) is 30.6 Å². The third-order valence-corrected chi connectivity index (χ3v) is 3.64. The summed E-state index contributed by atoms with van der Waals surface area (Å²) >= 11 is 0. The van der Waals surface area contributed by atoms with E-state index in [4.69, 9.17) is 5.73 Å². The molecule has 0 radical (unpaired) electrons. The lowest BCUT2D eigenvalue weighted by molar-refractivity contribution is 0.128. The predicted molar refractivity (Wildman–Crippen MR) is 70.6 cm³/mol. The van der Waals surface area contributed by atoms with E-state index in [9.17, 15) is 0 Å². The Kier molecular flexibility index (Phi) is 6.32. The SMILES string of the molecule is CCCN1CCN(CC[C@H](N)C(C)C)CC1. The lowest BCUT2D eigenvalue weighted by Gasteiger charge is -2.35. The maximum Gasteiger partial charge on any atom is 0.0110 e. The highest BCUT2D eigenvalue weighted by Crippen LogP contribution is 2.07. The van der Waals surface area contributed by atoms with Gasteiger partial charge in [0.15, 0.2) is 0 Å². The van der Waals surface area contributed by atoms with Crippen LogP contribution in [-0.2, 0) is 0 Å². The van der Waals surface area contributed by atoms with Crippen LogP contribution in [0.15, 0.2) is 0 Å². The first-order valence-corrected chi connectivity index (χ1v) is 6.83. The van der Waals surface area contributed by atoms with Crippen LogP contribution in [0.5, 0.6) is 0 Å². The molecule has 96 valence electrons. The van der Waals surface area contributed by atoms with Crippen molar-refractivity contribution in [1.82, 2.24) is 9.80 Å². The number of hydrogen-bond donors (Lipinski definition) is 1. The molecule has 0 aliphatic carbocycles. The topological polar surface area (TPSA) is 32.5 Å². The van der Waals surface area contributed by atoms with E-state index in [0.29, 0.717) is 12.0 Å². The van der Waals surface area contributed by atoms with Gasteiger partial charge in [0.2, 0.25) is 0 Å². The quantitative estimate of drug-likeness (QED) is 0.744. The molecule has 0 spiro atoms. The van der Waals surface area contributed by atoms with Gasteiger partial charge >= 0.3 is 0 Å². The first kappa shape index (κ1) is 13.9. The first-order valence-electron chi connectivity index (χ1n) is 6.83. The standard InChI is InChI=1S/C13H29N3/c1-4-6-15-8-10-16(11-9-15)7-5-13(14)12(2)3/h12-13H,4-11,14H2,1-3H3/t13-/m0/s1. The maximum atomic E-state index is 6.07. The van der Waals surface area contributed by atoms with Crippen LogP contribution in [0.1, 0.15) is 33.6 Å². The molecule has 1 saturated heterocycles. The zero-order chi connectivity index (χ0) is 12.0. The third kappa shape index (κ3) is 4.81. The third-order valence-electron chi connectivity index (χ3n) is 3.64. The molecule has 2 N–H and O–H groups in total. The maximum absolute atomic E-state index is 6.07. The Labute approximate surface area is 101 Å². The van der Waals surface area contributed by atoms with Crippen LogP contribution in [0.4, 0.5) is 0 Å². The molecule has 0 aromatic carbocycles. The molecule has 1 aliphatic rings. The Morgan fingerprint density at radius 3 is 1.94 bits per heavy atom. The van der Waals surface area contributed by atoms with Crippen LogP contribution in [-0.4, -0.2) is 55.1 Å². The van der Waals surface area contributed by atoms with E-state index in [1.54, 1.807) is 0 Å². The molecule has 0 saturated carbocycles. The number of hydrogen-bond acceptors (Lipinski definition) is 3.